The Labute approximate surface area is 112 Å². The van der Waals surface area contributed by atoms with Crippen LogP contribution in [0.15, 0.2) is 0 Å². The second-order valence-corrected chi connectivity index (χ2v) is 7.05. The highest BCUT2D eigenvalue weighted by Crippen LogP contribution is 2.37. The molecule has 0 aromatic carbocycles. The fraction of sp³-hybridized carbons (Fsp3) is 0.933. The van der Waals surface area contributed by atoms with Crippen molar-refractivity contribution in [3.05, 3.63) is 0 Å². The van der Waals surface area contributed by atoms with Crippen LogP contribution in [0.2, 0.25) is 0 Å². The van der Waals surface area contributed by atoms with Crippen LogP contribution in [0.5, 0.6) is 0 Å². The van der Waals surface area contributed by atoms with E-state index in [1.54, 1.807) is 0 Å². The molecule has 3 heteroatoms. The fourth-order valence-corrected chi connectivity index (χ4v) is 2.54. The van der Waals surface area contributed by atoms with Gasteiger partial charge in [-0.05, 0) is 45.4 Å². The van der Waals surface area contributed by atoms with Gasteiger partial charge in [-0.15, -0.1) is 0 Å². The van der Waals surface area contributed by atoms with Gasteiger partial charge < -0.3 is 10.6 Å². The van der Waals surface area contributed by atoms with Gasteiger partial charge in [-0.25, -0.2) is 0 Å². The topological polar surface area (TPSA) is 41.1 Å². The first kappa shape index (κ1) is 15.5. The van der Waals surface area contributed by atoms with Gasteiger partial charge in [0.1, 0.15) is 0 Å². The predicted octanol–water partition coefficient (Wildman–Crippen LogP) is 2.85. The van der Waals surface area contributed by atoms with Crippen LogP contribution < -0.4 is 10.6 Å². The zero-order valence-corrected chi connectivity index (χ0v) is 12.9. The SMILES string of the molecule is CCC(C)(C)NC(=O)C(C)NC1CCCC1(C)C. The van der Waals surface area contributed by atoms with E-state index in [0.717, 1.165) is 6.42 Å². The van der Waals surface area contributed by atoms with Crippen LogP contribution in [0, 0.1) is 5.41 Å². The van der Waals surface area contributed by atoms with E-state index in [1.807, 2.05) is 6.92 Å². The summed E-state index contributed by atoms with van der Waals surface area (Å²) in [5, 5.41) is 6.61. The highest BCUT2D eigenvalue weighted by Gasteiger charge is 2.36. The van der Waals surface area contributed by atoms with Gasteiger partial charge in [0.15, 0.2) is 0 Å². The molecule has 0 aromatic rings. The number of rotatable bonds is 5. The molecular formula is C15H30N2O. The fourth-order valence-electron chi connectivity index (χ4n) is 2.54. The van der Waals surface area contributed by atoms with E-state index in [2.05, 4.69) is 45.3 Å². The molecular weight excluding hydrogens is 224 g/mol. The lowest BCUT2D eigenvalue weighted by atomic mass is 9.87. The summed E-state index contributed by atoms with van der Waals surface area (Å²) in [5.74, 6) is 0.115. The molecule has 0 aliphatic heterocycles. The standard InChI is InChI=1S/C15H30N2O/c1-7-15(5,6)17-13(18)11(2)16-12-9-8-10-14(12,3)4/h11-12,16H,7-10H2,1-6H3,(H,17,18). The first-order valence-electron chi connectivity index (χ1n) is 7.26. The molecule has 2 unspecified atom stereocenters. The summed E-state index contributed by atoms with van der Waals surface area (Å²) in [6, 6.07) is 0.348. The number of hydrogen-bond acceptors (Lipinski definition) is 2. The van der Waals surface area contributed by atoms with Crippen molar-refractivity contribution in [3.63, 3.8) is 0 Å². The number of nitrogens with one attached hydrogen (secondary N) is 2. The molecule has 3 nitrogen and oxygen atoms in total. The lowest BCUT2D eigenvalue weighted by Gasteiger charge is -2.32. The van der Waals surface area contributed by atoms with Gasteiger partial charge >= 0.3 is 0 Å². The highest BCUT2D eigenvalue weighted by molar-refractivity contribution is 5.82. The average Bonchev–Trinajstić information content (AvgIpc) is 2.57. The maximum absolute atomic E-state index is 12.1. The molecule has 0 bridgehead atoms. The molecule has 0 aromatic heterocycles. The van der Waals surface area contributed by atoms with Gasteiger partial charge in [0.05, 0.1) is 6.04 Å². The van der Waals surface area contributed by atoms with Gasteiger partial charge in [0.25, 0.3) is 0 Å². The molecule has 1 amide bonds. The van der Waals surface area contributed by atoms with E-state index < -0.39 is 0 Å². The average molecular weight is 254 g/mol. The van der Waals surface area contributed by atoms with Crippen molar-refractivity contribution in [2.24, 2.45) is 5.41 Å². The number of amides is 1. The summed E-state index contributed by atoms with van der Waals surface area (Å²) < 4.78 is 0. The Kier molecular flexibility index (Phi) is 4.82. The second kappa shape index (κ2) is 5.60. The summed E-state index contributed by atoms with van der Waals surface area (Å²) in [6.07, 6.45) is 4.64. The van der Waals surface area contributed by atoms with Gasteiger partial charge in [0.2, 0.25) is 5.91 Å². The third-order valence-electron chi connectivity index (χ3n) is 4.45. The molecule has 0 heterocycles. The van der Waals surface area contributed by atoms with Gasteiger partial charge in [-0.1, -0.05) is 27.2 Å². The molecule has 0 radical (unpaired) electrons. The van der Waals surface area contributed by atoms with Crippen molar-refractivity contribution in [1.82, 2.24) is 10.6 Å². The van der Waals surface area contributed by atoms with Crippen molar-refractivity contribution in [1.29, 1.82) is 0 Å². The smallest absolute Gasteiger partial charge is 0.237 e. The summed E-state index contributed by atoms with van der Waals surface area (Å²) in [5.41, 5.74) is 0.201. The van der Waals surface area contributed by atoms with Crippen molar-refractivity contribution in [2.45, 2.75) is 84.8 Å². The molecule has 1 fully saturated rings. The van der Waals surface area contributed by atoms with Crippen LogP contribution in [0.4, 0.5) is 0 Å². The number of carbonyl (C=O) groups is 1. The molecule has 1 aliphatic rings. The normalized spacial score (nSPS) is 24.9. The van der Waals surface area contributed by atoms with E-state index in [-0.39, 0.29) is 17.5 Å². The van der Waals surface area contributed by atoms with Crippen LogP contribution in [0.3, 0.4) is 0 Å². The Balaban J connectivity index is 2.50. The molecule has 0 spiro atoms. The highest BCUT2D eigenvalue weighted by atomic mass is 16.2. The molecule has 1 aliphatic carbocycles. The Morgan fingerprint density at radius 1 is 1.44 bits per heavy atom. The Morgan fingerprint density at radius 3 is 2.50 bits per heavy atom. The van der Waals surface area contributed by atoms with E-state index in [0.29, 0.717) is 11.5 Å². The van der Waals surface area contributed by atoms with Crippen LogP contribution >= 0.6 is 0 Å². The van der Waals surface area contributed by atoms with E-state index in [1.165, 1.54) is 19.3 Å². The summed E-state index contributed by atoms with van der Waals surface area (Å²) in [6.45, 7) is 12.8. The molecule has 18 heavy (non-hydrogen) atoms. The lowest BCUT2D eigenvalue weighted by molar-refractivity contribution is -0.124. The van der Waals surface area contributed by atoms with Crippen molar-refractivity contribution in [3.8, 4) is 0 Å². The Hall–Kier alpha value is -0.570. The van der Waals surface area contributed by atoms with Crippen LogP contribution in [0.1, 0.15) is 67.2 Å². The quantitative estimate of drug-likeness (QED) is 0.792. The van der Waals surface area contributed by atoms with Crippen molar-refractivity contribution in [2.75, 3.05) is 0 Å². The molecule has 2 atom stereocenters. The molecule has 106 valence electrons. The summed E-state index contributed by atoms with van der Waals surface area (Å²) in [4.78, 5) is 12.1. The van der Waals surface area contributed by atoms with Crippen molar-refractivity contribution >= 4 is 5.91 Å². The van der Waals surface area contributed by atoms with E-state index >= 15 is 0 Å². The maximum atomic E-state index is 12.1. The Bertz CT molecular complexity index is 297. The summed E-state index contributed by atoms with van der Waals surface area (Å²) in [7, 11) is 0. The number of hydrogen-bond donors (Lipinski definition) is 2. The largest absolute Gasteiger partial charge is 0.350 e. The Morgan fingerprint density at radius 2 is 2.06 bits per heavy atom. The third-order valence-corrected chi connectivity index (χ3v) is 4.45. The van der Waals surface area contributed by atoms with Crippen LogP contribution in [-0.2, 0) is 4.79 Å². The minimum absolute atomic E-state index is 0.113. The third kappa shape index (κ3) is 3.98. The van der Waals surface area contributed by atoms with Gasteiger partial charge in [0, 0.05) is 11.6 Å². The minimum atomic E-state index is -0.113. The lowest BCUT2D eigenvalue weighted by Crippen LogP contribution is -2.54. The zero-order chi connectivity index (χ0) is 14.0. The minimum Gasteiger partial charge on any atom is -0.350 e. The molecule has 1 rings (SSSR count). The second-order valence-electron chi connectivity index (χ2n) is 7.05. The molecule has 1 saturated carbocycles. The zero-order valence-electron chi connectivity index (χ0n) is 12.9. The van der Waals surface area contributed by atoms with Crippen molar-refractivity contribution < 1.29 is 4.79 Å². The first-order chi connectivity index (χ1) is 8.18. The predicted molar refractivity (Wildman–Crippen MR) is 76.5 cm³/mol. The maximum Gasteiger partial charge on any atom is 0.237 e. The first-order valence-corrected chi connectivity index (χ1v) is 7.26. The number of carbonyl (C=O) groups excluding carboxylic acids is 1. The van der Waals surface area contributed by atoms with E-state index in [9.17, 15) is 4.79 Å². The van der Waals surface area contributed by atoms with Crippen LogP contribution in [-0.4, -0.2) is 23.5 Å². The van der Waals surface area contributed by atoms with E-state index in [4.69, 9.17) is 0 Å². The van der Waals surface area contributed by atoms with Gasteiger partial charge in [-0.2, -0.15) is 0 Å². The van der Waals surface area contributed by atoms with Gasteiger partial charge in [-0.3, -0.25) is 4.79 Å². The van der Waals surface area contributed by atoms with Crippen LogP contribution in [0.25, 0.3) is 0 Å². The molecule has 2 N–H and O–H groups in total. The molecule has 0 saturated heterocycles. The summed E-state index contributed by atoms with van der Waals surface area (Å²) >= 11 is 0. The monoisotopic (exact) mass is 254 g/mol.